The summed E-state index contributed by atoms with van der Waals surface area (Å²) in [5, 5.41) is 9.14. The molecule has 0 aliphatic rings. The minimum atomic E-state index is -0.752. The number of nitrogens with one attached hydrogen (secondary N) is 3. The third-order valence-corrected chi connectivity index (χ3v) is 6.33. The van der Waals surface area contributed by atoms with Gasteiger partial charge in [-0.2, -0.15) is 0 Å². The molecule has 0 aliphatic carbocycles. The summed E-state index contributed by atoms with van der Waals surface area (Å²) >= 11 is 0. The van der Waals surface area contributed by atoms with Crippen molar-refractivity contribution in [3.8, 4) is 17.2 Å². The van der Waals surface area contributed by atoms with Gasteiger partial charge in [0.25, 0.3) is 5.91 Å². The van der Waals surface area contributed by atoms with Crippen LogP contribution in [0.1, 0.15) is 27.0 Å². The lowest BCUT2D eigenvalue weighted by Gasteiger charge is -2.19. The molecular weight excluding hydrogens is 502 g/mol. The number of carbonyl (C=O) groups excluding carboxylic acids is 2. The van der Waals surface area contributed by atoms with E-state index in [9.17, 15) is 9.59 Å². The zero-order chi connectivity index (χ0) is 28.3. The summed E-state index contributed by atoms with van der Waals surface area (Å²) in [5.41, 5.74) is 4.43. The standard InChI is InChI=1S/C33H35N3O4/c1-23-6-4-8-26(20-23)32(37)36-31(33(38)35-19-18-34-27-12-16-28(39-3)17-13-27)22-25-10-14-29(15-11-25)40-30-9-5-7-24(2)21-30/h4-17,20-21,31,34H,18-19,22H2,1-3H3,(H,35,38)(H,36,37)/t31-/m0/s1. The molecule has 0 unspecified atom stereocenters. The van der Waals surface area contributed by atoms with Crippen LogP contribution in [0.2, 0.25) is 0 Å². The van der Waals surface area contributed by atoms with Gasteiger partial charge < -0.3 is 25.4 Å². The van der Waals surface area contributed by atoms with Crippen LogP contribution in [0.3, 0.4) is 0 Å². The molecule has 7 heteroatoms. The highest BCUT2D eigenvalue weighted by atomic mass is 16.5. The SMILES string of the molecule is COc1ccc(NCCNC(=O)[C@H](Cc2ccc(Oc3cccc(C)c3)cc2)NC(=O)c2cccc(C)c2)cc1. The lowest BCUT2D eigenvalue weighted by Crippen LogP contribution is -2.48. The Kier molecular flexibility index (Phi) is 9.77. The minimum absolute atomic E-state index is 0.252. The van der Waals surface area contributed by atoms with Crippen LogP contribution in [0.15, 0.2) is 97.1 Å². The Bertz CT molecular complexity index is 1420. The quantitative estimate of drug-likeness (QED) is 0.203. The highest BCUT2D eigenvalue weighted by molar-refractivity contribution is 5.97. The molecule has 0 aromatic heterocycles. The fourth-order valence-electron chi connectivity index (χ4n) is 4.21. The minimum Gasteiger partial charge on any atom is -0.497 e. The molecule has 0 bridgehead atoms. The highest BCUT2D eigenvalue weighted by Gasteiger charge is 2.22. The highest BCUT2D eigenvalue weighted by Crippen LogP contribution is 2.23. The molecule has 0 saturated carbocycles. The largest absolute Gasteiger partial charge is 0.497 e. The molecule has 4 rings (SSSR count). The predicted molar refractivity (Wildman–Crippen MR) is 158 cm³/mol. The van der Waals surface area contributed by atoms with Crippen molar-refractivity contribution in [2.75, 3.05) is 25.5 Å². The Morgan fingerprint density at radius 2 is 1.43 bits per heavy atom. The Morgan fingerprint density at radius 3 is 2.10 bits per heavy atom. The third kappa shape index (κ3) is 8.36. The molecule has 0 heterocycles. The molecular formula is C33H35N3O4. The second-order valence-electron chi connectivity index (χ2n) is 9.61. The van der Waals surface area contributed by atoms with Gasteiger partial charge in [-0.1, -0.05) is 42.0 Å². The van der Waals surface area contributed by atoms with Crippen LogP contribution < -0.4 is 25.4 Å². The van der Waals surface area contributed by atoms with E-state index in [-0.39, 0.29) is 11.8 Å². The predicted octanol–water partition coefficient (Wildman–Crippen LogP) is 5.67. The number of aryl methyl sites for hydroxylation is 2. The first-order valence-corrected chi connectivity index (χ1v) is 13.3. The van der Waals surface area contributed by atoms with Crippen LogP contribution in [-0.4, -0.2) is 38.1 Å². The molecule has 0 fully saturated rings. The van der Waals surface area contributed by atoms with E-state index >= 15 is 0 Å². The lowest BCUT2D eigenvalue weighted by atomic mass is 10.0. The van der Waals surface area contributed by atoms with Crippen LogP contribution in [-0.2, 0) is 11.2 Å². The van der Waals surface area contributed by atoms with Crippen molar-refractivity contribution in [1.29, 1.82) is 0 Å². The van der Waals surface area contributed by atoms with Gasteiger partial charge in [-0.25, -0.2) is 0 Å². The summed E-state index contributed by atoms with van der Waals surface area (Å²) in [4.78, 5) is 26.2. The summed E-state index contributed by atoms with van der Waals surface area (Å²) < 4.78 is 11.1. The smallest absolute Gasteiger partial charge is 0.251 e. The normalized spacial score (nSPS) is 11.3. The van der Waals surface area contributed by atoms with E-state index in [4.69, 9.17) is 9.47 Å². The number of ether oxygens (including phenoxy) is 2. The van der Waals surface area contributed by atoms with E-state index in [1.165, 1.54) is 0 Å². The van der Waals surface area contributed by atoms with E-state index in [1.807, 2.05) is 98.8 Å². The summed E-state index contributed by atoms with van der Waals surface area (Å²) in [5.74, 6) is 1.69. The zero-order valence-corrected chi connectivity index (χ0v) is 23.1. The summed E-state index contributed by atoms with van der Waals surface area (Å²) in [6.07, 6.45) is 0.333. The maximum Gasteiger partial charge on any atom is 0.251 e. The Labute approximate surface area is 235 Å². The van der Waals surface area contributed by atoms with Crippen molar-refractivity contribution in [2.45, 2.75) is 26.3 Å². The van der Waals surface area contributed by atoms with E-state index in [1.54, 1.807) is 19.2 Å². The van der Waals surface area contributed by atoms with Crippen LogP contribution in [0.25, 0.3) is 0 Å². The number of amides is 2. The van der Waals surface area contributed by atoms with Gasteiger partial charge >= 0.3 is 0 Å². The number of benzene rings is 4. The molecule has 3 N–H and O–H groups in total. The van der Waals surface area contributed by atoms with Crippen molar-refractivity contribution < 1.29 is 19.1 Å². The van der Waals surface area contributed by atoms with Crippen molar-refractivity contribution in [2.24, 2.45) is 0 Å². The molecule has 7 nitrogen and oxygen atoms in total. The Hall–Kier alpha value is -4.78. The zero-order valence-electron chi connectivity index (χ0n) is 23.1. The number of hydrogen-bond donors (Lipinski definition) is 3. The van der Waals surface area contributed by atoms with Crippen molar-refractivity contribution in [3.63, 3.8) is 0 Å². The first kappa shape index (κ1) is 28.2. The van der Waals surface area contributed by atoms with E-state index < -0.39 is 6.04 Å². The number of hydrogen-bond acceptors (Lipinski definition) is 5. The van der Waals surface area contributed by atoms with Gasteiger partial charge in [0.15, 0.2) is 0 Å². The second kappa shape index (κ2) is 13.8. The van der Waals surface area contributed by atoms with Crippen molar-refractivity contribution >= 4 is 17.5 Å². The van der Waals surface area contributed by atoms with Gasteiger partial charge in [0.05, 0.1) is 7.11 Å². The van der Waals surface area contributed by atoms with E-state index in [0.717, 1.165) is 33.9 Å². The first-order valence-electron chi connectivity index (χ1n) is 13.3. The number of anilines is 1. The number of carbonyl (C=O) groups is 2. The molecule has 1 atom stereocenters. The lowest BCUT2D eigenvalue weighted by molar-refractivity contribution is -0.122. The van der Waals surface area contributed by atoms with Crippen LogP contribution in [0, 0.1) is 13.8 Å². The second-order valence-corrected chi connectivity index (χ2v) is 9.61. The number of rotatable bonds is 12. The molecule has 0 aliphatic heterocycles. The molecule has 4 aromatic carbocycles. The van der Waals surface area contributed by atoms with Gasteiger partial charge in [0, 0.05) is 30.8 Å². The summed E-state index contributed by atoms with van der Waals surface area (Å²) in [7, 11) is 1.62. The first-order chi connectivity index (χ1) is 19.4. The molecule has 40 heavy (non-hydrogen) atoms. The van der Waals surface area contributed by atoms with Crippen LogP contribution >= 0.6 is 0 Å². The van der Waals surface area contributed by atoms with Gasteiger partial charge in [0.2, 0.25) is 5.91 Å². The molecule has 2 amide bonds. The van der Waals surface area contributed by atoms with Gasteiger partial charge in [0.1, 0.15) is 23.3 Å². The average molecular weight is 538 g/mol. The maximum absolute atomic E-state index is 13.2. The molecule has 0 radical (unpaired) electrons. The summed E-state index contributed by atoms with van der Waals surface area (Å²) in [6.45, 7) is 4.87. The van der Waals surface area contributed by atoms with Crippen molar-refractivity contribution in [3.05, 3.63) is 119 Å². The summed E-state index contributed by atoms with van der Waals surface area (Å²) in [6, 6.07) is 29.5. The monoisotopic (exact) mass is 537 g/mol. The van der Waals surface area contributed by atoms with Crippen LogP contribution in [0.4, 0.5) is 5.69 Å². The molecule has 206 valence electrons. The molecule has 0 saturated heterocycles. The third-order valence-electron chi connectivity index (χ3n) is 6.33. The Morgan fingerprint density at radius 1 is 0.750 bits per heavy atom. The fourth-order valence-corrected chi connectivity index (χ4v) is 4.21. The number of methoxy groups -OCH3 is 1. The average Bonchev–Trinajstić information content (AvgIpc) is 2.96. The topological polar surface area (TPSA) is 88.7 Å². The van der Waals surface area contributed by atoms with Gasteiger partial charge in [-0.05, 0) is 85.6 Å². The van der Waals surface area contributed by atoms with E-state index in [2.05, 4.69) is 16.0 Å². The van der Waals surface area contributed by atoms with Crippen molar-refractivity contribution in [1.82, 2.24) is 10.6 Å². The maximum atomic E-state index is 13.2. The van der Waals surface area contributed by atoms with Crippen LogP contribution in [0.5, 0.6) is 17.2 Å². The molecule has 4 aromatic rings. The van der Waals surface area contributed by atoms with E-state index in [0.29, 0.717) is 30.8 Å². The molecule has 0 spiro atoms. The van der Waals surface area contributed by atoms with Gasteiger partial charge in [-0.3, -0.25) is 9.59 Å². The fraction of sp³-hybridized carbons (Fsp3) is 0.212. The Balaban J connectivity index is 1.39. The van der Waals surface area contributed by atoms with Gasteiger partial charge in [-0.15, -0.1) is 0 Å².